The summed E-state index contributed by atoms with van der Waals surface area (Å²) in [4.78, 5) is 17.3. The van der Waals surface area contributed by atoms with E-state index in [9.17, 15) is 4.79 Å². The van der Waals surface area contributed by atoms with E-state index in [1.165, 1.54) is 17.7 Å². The van der Waals surface area contributed by atoms with Crippen molar-refractivity contribution in [1.82, 2.24) is 20.0 Å². The van der Waals surface area contributed by atoms with Gasteiger partial charge in [0, 0.05) is 55.0 Å². The van der Waals surface area contributed by atoms with Crippen molar-refractivity contribution in [3.63, 3.8) is 0 Å². The van der Waals surface area contributed by atoms with Crippen molar-refractivity contribution in [2.45, 2.75) is 57.8 Å². The molecule has 7 heteroatoms. The Kier molecular flexibility index (Phi) is 5.90. The minimum Gasteiger partial charge on any atom is -0.381 e. The molecule has 4 heterocycles. The Labute approximate surface area is 164 Å². The van der Waals surface area contributed by atoms with Crippen LogP contribution in [0.2, 0.25) is 0 Å². The highest BCUT2D eigenvalue weighted by Gasteiger charge is 2.33. The van der Waals surface area contributed by atoms with Crippen molar-refractivity contribution in [1.29, 1.82) is 0 Å². The monoisotopic (exact) mass is 388 g/mol. The number of thiophene rings is 1. The number of aryl methyl sites for hydroxylation is 1. The molecule has 2 fully saturated rings. The predicted molar refractivity (Wildman–Crippen MR) is 106 cm³/mol. The van der Waals surface area contributed by atoms with Gasteiger partial charge in [0.2, 0.25) is 0 Å². The van der Waals surface area contributed by atoms with Crippen LogP contribution in [0.4, 0.5) is 0 Å². The second kappa shape index (κ2) is 8.54. The first-order chi connectivity index (χ1) is 13.2. The molecule has 0 saturated carbocycles. The fourth-order valence-corrected chi connectivity index (χ4v) is 5.22. The van der Waals surface area contributed by atoms with Crippen LogP contribution in [0.5, 0.6) is 0 Å². The van der Waals surface area contributed by atoms with Crippen molar-refractivity contribution >= 4 is 17.2 Å². The highest BCUT2D eigenvalue weighted by atomic mass is 32.1. The normalized spacial score (nSPS) is 21.6. The Bertz CT molecular complexity index is 766. The van der Waals surface area contributed by atoms with E-state index >= 15 is 0 Å². The van der Waals surface area contributed by atoms with Gasteiger partial charge in [0.05, 0.1) is 11.1 Å². The fourth-order valence-electron chi connectivity index (χ4n) is 4.14. The Hall–Kier alpha value is -1.70. The third-order valence-electron chi connectivity index (χ3n) is 5.60. The molecular formula is C20H28N4O2S. The Morgan fingerprint density at radius 3 is 2.96 bits per heavy atom. The molecular weight excluding hydrogens is 360 g/mol. The lowest BCUT2D eigenvalue weighted by molar-refractivity contribution is 0.0295. The maximum absolute atomic E-state index is 12.5. The standard InChI is InChI=1S/C20H28N4O2S/c1-2-23-14-15(13-22-23)12-21-20(25)19-6-5-18(27-19)17-4-3-9-24(17)16-7-10-26-11-8-16/h5-6,13-14,16-17H,2-4,7-12H2,1H3,(H,21,25). The van der Waals surface area contributed by atoms with Crippen LogP contribution in [0.3, 0.4) is 0 Å². The summed E-state index contributed by atoms with van der Waals surface area (Å²) < 4.78 is 7.40. The van der Waals surface area contributed by atoms with Gasteiger partial charge in [-0.05, 0) is 51.3 Å². The van der Waals surface area contributed by atoms with Crippen LogP contribution in [0.25, 0.3) is 0 Å². The van der Waals surface area contributed by atoms with Gasteiger partial charge >= 0.3 is 0 Å². The van der Waals surface area contributed by atoms with Crippen LogP contribution in [0.1, 0.15) is 58.8 Å². The van der Waals surface area contributed by atoms with E-state index in [-0.39, 0.29) is 5.91 Å². The van der Waals surface area contributed by atoms with E-state index in [0.717, 1.165) is 49.6 Å². The first-order valence-electron chi connectivity index (χ1n) is 9.97. The van der Waals surface area contributed by atoms with Gasteiger partial charge in [-0.1, -0.05) is 0 Å². The van der Waals surface area contributed by atoms with Crippen LogP contribution in [-0.2, 0) is 17.8 Å². The molecule has 2 aliphatic rings. The van der Waals surface area contributed by atoms with Gasteiger partial charge in [-0.3, -0.25) is 14.4 Å². The topological polar surface area (TPSA) is 59.4 Å². The highest BCUT2D eigenvalue weighted by Crippen LogP contribution is 2.38. The molecule has 1 N–H and O–H groups in total. The van der Waals surface area contributed by atoms with Gasteiger partial charge in [-0.15, -0.1) is 11.3 Å². The highest BCUT2D eigenvalue weighted by molar-refractivity contribution is 7.14. The molecule has 2 aromatic rings. The number of carbonyl (C=O) groups is 1. The molecule has 0 aliphatic carbocycles. The maximum atomic E-state index is 12.5. The number of aromatic nitrogens is 2. The zero-order valence-electron chi connectivity index (χ0n) is 15.9. The quantitative estimate of drug-likeness (QED) is 0.826. The van der Waals surface area contributed by atoms with Gasteiger partial charge in [0.25, 0.3) is 5.91 Å². The lowest BCUT2D eigenvalue weighted by Crippen LogP contribution is -2.38. The Morgan fingerprint density at radius 1 is 1.33 bits per heavy atom. The van der Waals surface area contributed by atoms with Crippen molar-refractivity contribution in [3.8, 4) is 0 Å². The van der Waals surface area contributed by atoms with E-state index in [1.807, 2.05) is 23.1 Å². The number of hydrogen-bond donors (Lipinski definition) is 1. The fraction of sp³-hybridized carbons (Fsp3) is 0.600. The summed E-state index contributed by atoms with van der Waals surface area (Å²) in [5.41, 5.74) is 1.03. The van der Waals surface area contributed by atoms with Gasteiger partial charge in [-0.2, -0.15) is 5.10 Å². The van der Waals surface area contributed by atoms with Gasteiger partial charge < -0.3 is 10.1 Å². The first kappa shape index (κ1) is 18.7. The molecule has 0 bridgehead atoms. The first-order valence-corrected chi connectivity index (χ1v) is 10.8. The van der Waals surface area contributed by atoms with Crippen LogP contribution >= 0.6 is 11.3 Å². The van der Waals surface area contributed by atoms with E-state index in [4.69, 9.17) is 4.74 Å². The lowest BCUT2D eigenvalue weighted by Gasteiger charge is -2.35. The molecule has 146 valence electrons. The third kappa shape index (κ3) is 4.25. The molecule has 4 rings (SSSR count). The lowest BCUT2D eigenvalue weighted by atomic mass is 10.1. The molecule has 1 atom stereocenters. The number of nitrogens with one attached hydrogen (secondary N) is 1. The zero-order chi connectivity index (χ0) is 18.6. The molecule has 1 amide bonds. The molecule has 6 nitrogen and oxygen atoms in total. The zero-order valence-corrected chi connectivity index (χ0v) is 16.7. The largest absolute Gasteiger partial charge is 0.381 e. The summed E-state index contributed by atoms with van der Waals surface area (Å²) >= 11 is 1.65. The van der Waals surface area contributed by atoms with Gasteiger partial charge in [0.15, 0.2) is 0 Å². The average molecular weight is 389 g/mol. The third-order valence-corrected chi connectivity index (χ3v) is 6.78. The Morgan fingerprint density at radius 2 is 2.19 bits per heavy atom. The molecule has 2 aliphatic heterocycles. The van der Waals surface area contributed by atoms with Crippen molar-refractivity contribution in [3.05, 3.63) is 39.8 Å². The van der Waals surface area contributed by atoms with E-state index in [1.54, 1.807) is 11.3 Å². The second-order valence-electron chi connectivity index (χ2n) is 7.33. The van der Waals surface area contributed by atoms with E-state index in [2.05, 4.69) is 28.3 Å². The molecule has 0 aromatic carbocycles. The number of ether oxygens (including phenoxy) is 1. The summed E-state index contributed by atoms with van der Waals surface area (Å²) in [7, 11) is 0. The van der Waals surface area contributed by atoms with Crippen LogP contribution in [-0.4, -0.2) is 46.4 Å². The SMILES string of the molecule is CCn1cc(CNC(=O)c2ccc(C3CCCN3C3CCOCC3)s2)cn1. The van der Waals surface area contributed by atoms with Crippen LogP contribution in [0, 0.1) is 0 Å². The number of nitrogens with zero attached hydrogens (tertiary/aromatic N) is 3. The number of likely N-dealkylation sites (tertiary alicyclic amines) is 1. The summed E-state index contributed by atoms with van der Waals surface area (Å²) in [5, 5.41) is 7.27. The summed E-state index contributed by atoms with van der Waals surface area (Å²) in [6, 6.07) is 5.21. The maximum Gasteiger partial charge on any atom is 0.261 e. The molecule has 0 radical (unpaired) electrons. The summed E-state index contributed by atoms with van der Waals surface area (Å²) in [6.45, 7) is 6.32. The number of carbonyl (C=O) groups excluding carboxylic acids is 1. The second-order valence-corrected chi connectivity index (χ2v) is 8.44. The van der Waals surface area contributed by atoms with Gasteiger partial charge in [0.1, 0.15) is 0 Å². The molecule has 0 spiro atoms. The molecule has 2 aromatic heterocycles. The number of rotatable bonds is 6. The molecule has 27 heavy (non-hydrogen) atoms. The molecule has 2 saturated heterocycles. The van der Waals surface area contributed by atoms with Gasteiger partial charge in [-0.25, -0.2) is 0 Å². The summed E-state index contributed by atoms with van der Waals surface area (Å²) in [6.07, 6.45) is 8.47. The van der Waals surface area contributed by atoms with Crippen molar-refractivity contribution < 1.29 is 9.53 Å². The Balaban J connectivity index is 1.37. The van der Waals surface area contributed by atoms with Crippen molar-refractivity contribution in [2.24, 2.45) is 0 Å². The minimum absolute atomic E-state index is 0.00566. The molecule has 1 unspecified atom stereocenters. The van der Waals surface area contributed by atoms with Crippen LogP contribution < -0.4 is 5.32 Å². The smallest absolute Gasteiger partial charge is 0.261 e. The minimum atomic E-state index is 0.00566. The van der Waals surface area contributed by atoms with Crippen molar-refractivity contribution in [2.75, 3.05) is 19.8 Å². The summed E-state index contributed by atoms with van der Waals surface area (Å²) in [5.74, 6) is 0.00566. The number of hydrogen-bond acceptors (Lipinski definition) is 5. The van der Waals surface area contributed by atoms with Crippen LogP contribution in [0.15, 0.2) is 24.5 Å². The predicted octanol–water partition coefficient (Wildman–Crippen LogP) is 3.21. The number of amides is 1. The van der Waals surface area contributed by atoms with E-state index in [0.29, 0.717) is 18.6 Å². The van der Waals surface area contributed by atoms with E-state index < -0.39 is 0 Å². The average Bonchev–Trinajstić information content (AvgIpc) is 3.46.